The van der Waals surface area contributed by atoms with E-state index in [4.69, 9.17) is 4.74 Å². The molecule has 0 aliphatic carbocycles. The number of rotatable bonds is 2. The standard InChI is InChI=1S/C22H23N3O2/c1-17-16-23-9-7-20(17)24-10-4-11-25(13-12-24)22(26)19-8-14-27-21-6-3-2-5-18(21)15-19/h2-3,5-9,14-16H,4,10-13H2,1H3. The molecule has 1 aromatic heterocycles. The number of ether oxygens (including phenoxy) is 1. The number of para-hydroxylation sites is 1. The monoisotopic (exact) mass is 361 g/mol. The Morgan fingerprint density at radius 3 is 2.89 bits per heavy atom. The van der Waals surface area contributed by atoms with Crippen LogP contribution < -0.4 is 9.64 Å². The molecule has 0 bridgehead atoms. The summed E-state index contributed by atoms with van der Waals surface area (Å²) in [5.74, 6) is 0.826. The summed E-state index contributed by atoms with van der Waals surface area (Å²) >= 11 is 0. The first-order valence-corrected chi connectivity index (χ1v) is 9.31. The van der Waals surface area contributed by atoms with Crippen LogP contribution in [-0.4, -0.2) is 42.0 Å². The molecule has 27 heavy (non-hydrogen) atoms. The molecule has 3 heterocycles. The van der Waals surface area contributed by atoms with Gasteiger partial charge in [0.25, 0.3) is 5.91 Å². The Morgan fingerprint density at radius 2 is 2.00 bits per heavy atom. The maximum Gasteiger partial charge on any atom is 0.254 e. The Kier molecular flexibility index (Phi) is 4.92. The minimum atomic E-state index is 0.0554. The van der Waals surface area contributed by atoms with Gasteiger partial charge in [-0.05, 0) is 43.2 Å². The molecule has 0 N–H and O–H groups in total. The molecule has 138 valence electrons. The number of amides is 1. The van der Waals surface area contributed by atoms with Crippen LogP contribution >= 0.6 is 0 Å². The highest BCUT2D eigenvalue weighted by atomic mass is 16.5. The van der Waals surface area contributed by atoms with Crippen molar-refractivity contribution in [1.29, 1.82) is 0 Å². The predicted molar refractivity (Wildman–Crippen MR) is 107 cm³/mol. The van der Waals surface area contributed by atoms with Crippen molar-refractivity contribution in [3.8, 4) is 5.75 Å². The molecule has 2 aromatic rings. The molecule has 4 rings (SSSR count). The summed E-state index contributed by atoms with van der Waals surface area (Å²) in [5, 5.41) is 0. The largest absolute Gasteiger partial charge is 0.464 e. The lowest BCUT2D eigenvalue weighted by atomic mass is 10.1. The Hall–Kier alpha value is -3.08. The fourth-order valence-corrected chi connectivity index (χ4v) is 3.60. The average molecular weight is 361 g/mol. The van der Waals surface area contributed by atoms with Gasteiger partial charge in [0.05, 0.1) is 6.26 Å². The first kappa shape index (κ1) is 17.3. The van der Waals surface area contributed by atoms with Gasteiger partial charge in [0.2, 0.25) is 0 Å². The molecule has 1 amide bonds. The number of anilines is 1. The van der Waals surface area contributed by atoms with Gasteiger partial charge in [0.1, 0.15) is 5.75 Å². The predicted octanol–water partition coefficient (Wildman–Crippen LogP) is 3.42. The highest BCUT2D eigenvalue weighted by Gasteiger charge is 2.22. The lowest BCUT2D eigenvalue weighted by Gasteiger charge is -2.25. The summed E-state index contributed by atoms with van der Waals surface area (Å²) in [6.07, 6.45) is 9.93. The minimum absolute atomic E-state index is 0.0554. The van der Waals surface area contributed by atoms with Gasteiger partial charge in [0, 0.05) is 55.4 Å². The third-order valence-corrected chi connectivity index (χ3v) is 5.03. The highest BCUT2D eigenvalue weighted by Crippen LogP contribution is 2.26. The SMILES string of the molecule is Cc1cnccc1N1CCCN(C(=O)C2=Cc3ccccc3OC=C2)CC1. The Bertz CT molecular complexity index is 904. The zero-order valence-electron chi connectivity index (χ0n) is 15.5. The van der Waals surface area contributed by atoms with Crippen molar-refractivity contribution < 1.29 is 9.53 Å². The third-order valence-electron chi connectivity index (χ3n) is 5.03. The van der Waals surface area contributed by atoms with E-state index in [1.165, 1.54) is 11.3 Å². The van der Waals surface area contributed by atoms with Gasteiger partial charge >= 0.3 is 0 Å². The topological polar surface area (TPSA) is 45.7 Å². The molecule has 2 aliphatic rings. The molecule has 5 nitrogen and oxygen atoms in total. The van der Waals surface area contributed by atoms with E-state index >= 15 is 0 Å². The second-order valence-corrected chi connectivity index (χ2v) is 6.85. The van der Waals surface area contributed by atoms with Crippen molar-refractivity contribution in [1.82, 2.24) is 9.88 Å². The number of aryl methyl sites for hydroxylation is 1. The molecule has 1 saturated heterocycles. The van der Waals surface area contributed by atoms with Crippen molar-refractivity contribution in [3.63, 3.8) is 0 Å². The molecule has 2 aliphatic heterocycles. The zero-order valence-corrected chi connectivity index (χ0v) is 15.5. The van der Waals surface area contributed by atoms with E-state index in [1.807, 2.05) is 47.6 Å². The second-order valence-electron chi connectivity index (χ2n) is 6.85. The minimum Gasteiger partial charge on any atom is -0.464 e. The van der Waals surface area contributed by atoms with Crippen LogP contribution in [0.1, 0.15) is 17.5 Å². The van der Waals surface area contributed by atoms with Gasteiger partial charge in [0.15, 0.2) is 0 Å². The van der Waals surface area contributed by atoms with Gasteiger partial charge in [-0.2, -0.15) is 0 Å². The number of carbonyl (C=O) groups is 1. The van der Waals surface area contributed by atoms with E-state index in [9.17, 15) is 4.79 Å². The van der Waals surface area contributed by atoms with Crippen LogP contribution in [0.3, 0.4) is 0 Å². The summed E-state index contributed by atoms with van der Waals surface area (Å²) in [6, 6.07) is 9.80. The summed E-state index contributed by atoms with van der Waals surface area (Å²) in [6.45, 7) is 5.30. The van der Waals surface area contributed by atoms with Gasteiger partial charge < -0.3 is 14.5 Å². The Morgan fingerprint density at radius 1 is 1.11 bits per heavy atom. The molecule has 0 radical (unpaired) electrons. The highest BCUT2D eigenvalue weighted by molar-refractivity contribution is 6.01. The molecular formula is C22H23N3O2. The summed E-state index contributed by atoms with van der Waals surface area (Å²) < 4.78 is 5.61. The maximum absolute atomic E-state index is 13.1. The van der Waals surface area contributed by atoms with Gasteiger partial charge in [-0.25, -0.2) is 0 Å². The Balaban J connectivity index is 1.50. The molecule has 1 fully saturated rings. The molecular weight excluding hydrogens is 338 g/mol. The van der Waals surface area contributed by atoms with Gasteiger partial charge in [-0.15, -0.1) is 0 Å². The van der Waals surface area contributed by atoms with E-state index in [-0.39, 0.29) is 5.91 Å². The first-order valence-electron chi connectivity index (χ1n) is 9.31. The van der Waals surface area contributed by atoms with E-state index in [1.54, 1.807) is 12.3 Å². The van der Waals surface area contributed by atoms with E-state index in [0.717, 1.165) is 37.4 Å². The molecule has 1 aromatic carbocycles. The van der Waals surface area contributed by atoms with Crippen molar-refractivity contribution in [2.75, 3.05) is 31.1 Å². The lowest BCUT2D eigenvalue weighted by Crippen LogP contribution is -2.35. The van der Waals surface area contributed by atoms with Crippen LogP contribution in [0.2, 0.25) is 0 Å². The number of nitrogens with zero attached hydrogens (tertiary/aromatic N) is 3. The molecule has 0 spiro atoms. The normalized spacial score (nSPS) is 16.7. The Labute approximate surface area is 159 Å². The first-order chi connectivity index (χ1) is 13.2. The van der Waals surface area contributed by atoms with Gasteiger partial charge in [-0.3, -0.25) is 9.78 Å². The number of hydrogen-bond donors (Lipinski definition) is 0. The van der Waals surface area contributed by atoms with Crippen LogP contribution in [0.15, 0.2) is 60.6 Å². The average Bonchev–Trinajstić information content (AvgIpc) is 3.06. The maximum atomic E-state index is 13.1. The third kappa shape index (κ3) is 3.72. The van der Waals surface area contributed by atoms with Crippen LogP contribution in [0.5, 0.6) is 5.75 Å². The smallest absolute Gasteiger partial charge is 0.254 e. The molecule has 0 unspecified atom stereocenters. The van der Waals surface area contributed by atoms with Crippen molar-refractivity contribution in [2.45, 2.75) is 13.3 Å². The van der Waals surface area contributed by atoms with Crippen molar-refractivity contribution >= 4 is 17.7 Å². The number of fused-ring (bicyclic) bond motifs is 1. The molecule has 0 atom stereocenters. The number of aromatic nitrogens is 1. The van der Waals surface area contributed by atoms with Crippen molar-refractivity contribution in [3.05, 3.63) is 71.8 Å². The van der Waals surface area contributed by atoms with Crippen LogP contribution in [0.25, 0.3) is 6.08 Å². The molecule has 0 saturated carbocycles. The summed E-state index contributed by atoms with van der Waals surface area (Å²) in [5.41, 5.74) is 3.96. The summed E-state index contributed by atoms with van der Waals surface area (Å²) in [7, 11) is 0. The fourth-order valence-electron chi connectivity index (χ4n) is 3.60. The number of carbonyl (C=O) groups excluding carboxylic acids is 1. The van der Waals surface area contributed by atoms with E-state index in [0.29, 0.717) is 12.1 Å². The van der Waals surface area contributed by atoms with Crippen LogP contribution in [-0.2, 0) is 4.79 Å². The fraction of sp³-hybridized carbons (Fsp3) is 0.273. The number of pyridine rings is 1. The van der Waals surface area contributed by atoms with Crippen LogP contribution in [0.4, 0.5) is 5.69 Å². The van der Waals surface area contributed by atoms with E-state index in [2.05, 4.69) is 22.9 Å². The summed E-state index contributed by atoms with van der Waals surface area (Å²) in [4.78, 5) is 21.6. The zero-order chi connectivity index (χ0) is 18.6. The lowest BCUT2D eigenvalue weighted by molar-refractivity contribution is -0.126. The van der Waals surface area contributed by atoms with Crippen LogP contribution in [0, 0.1) is 6.92 Å². The van der Waals surface area contributed by atoms with Crippen molar-refractivity contribution in [2.24, 2.45) is 0 Å². The van der Waals surface area contributed by atoms with Gasteiger partial charge in [-0.1, -0.05) is 18.2 Å². The number of benzene rings is 1. The molecule has 5 heteroatoms. The van der Waals surface area contributed by atoms with E-state index < -0.39 is 0 Å². The second kappa shape index (κ2) is 7.66. The quantitative estimate of drug-likeness (QED) is 0.822. The number of hydrogen-bond acceptors (Lipinski definition) is 4.